The van der Waals surface area contributed by atoms with Crippen molar-refractivity contribution in [1.29, 1.82) is 0 Å². The van der Waals surface area contributed by atoms with Gasteiger partial charge in [-0.25, -0.2) is 0 Å². The van der Waals surface area contributed by atoms with E-state index in [1.165, 1.54) is 5.56 Å². The van der Waals surface area contributed by atoms with Crippen molar-refractivity contribution < 1.29 is 4.79 Å². The van der Waals surface area contributed by atoms with E-state index in [9.17, 15) is 4.79 Å². The van der Waals surface area contributed by atoms with Gasteiger partial charge < -0.3 is 10.6 Å². The molecule has 1 fully saturated rings. The number of nitrogens with two attached hydrogens (primary N) is 1. The topological polar surface area (TPSA) is 46.3 Å². The number of nitrogens with zero attached hydrogens (tertiary/aromatic N) is 1. The predicted molar refractivity (Wildman–Crippen MR) is 82.4 cm³/mol. The van der Waals surface area contributed by atoms with Crippen LogP contribution in [0.4, 0.5) is 0 Å². The maximum Gasteiger partial charge on any atom is 0.223 e. The Balaban J connectivity index is 1.95. The number of likely N-dealkylation sites (tertiary alicyclic amines) is 1. The molecule has 1 amide bonds. The lowest BCUT2D eigenvalue weighted by atomic mass is 9.79. The lowest BCUT2D eigenvalue weighted by molar-refractivity contribution is -0.135. The second-order valence-corrected chi connectivity index (χ2v) is 6.71. The molecule has 2 N–H and O–H groups in total. The molecule has 2 unspecified atom stereocenters. The van der Waals surface area contributed by atoms with Gasteiger partial charge in [0.1, 0.15) is 0 Å². The maximum atomic E-state index is 12.5. The van der Waals surface area contributed by atoms with E-state index < -0.39 is 0 Å². The van der Waals surface area contributed by atoms with Crippen LogP contribution in [0.2, 0.25) is 0 Å². The van der Waals surface area contributed by atoms with Crippen molar-refractivity contribution in [3.05, 3.63) is 35.9 Å². The van der Waals surface area contributed by atoms with E-state index in [2.05, 4.69) is 32.9 Å². The SMILES string of the molecule is CC(CC(=O)N1CCC(N)C(C)(C)C1)c1ccccc1. The van der Waals surface area contributed by atoms with E-state index in [1.807, 2.05) is 23.1 Å². The van der Waals surface area contributed by atoms with Gasteiger partial charge in [-0.1, -0.05) is 51.1 Å². The highest BCUT2D eigenvalue weighted by molar-refractivity contribution is 5.77. The number of carbonyl (C=O) groups excluding carboxylic acids is 1. The normalized spacial score (nSPS) is 23.4. The summed E-state index contributed by atoms with van der Waals surface area (Å²) < 4.78 is 0. The van der Waals surface area contributed by atoms with Crippen molar-refractivity contribution in [3.63, 3.8) is 0 Å². The highest BCUT2D eigenvalue weighted by atomic mass is 16.2. The summed E-state index contributed by atoms with van der Waals surface area (Å²) in [7, 11) is 0. The van der Waals surface area contributed by atoms with Crippen LogP contribution in [0, 0.1) is 5.41 Å². The van der Waals surface area contributed by atoms with Gasteiger partial charge in [-0.2, -0.15) is 0 Å². The Labute approximate surface area is 122 Å². The summed E-state index contributed by atoms with van der Waals surface area (Å²) >= 11 is 0. The summed E-state index contributed by atoms with van der Waals surface area (Å²) in [5.74, 6) is 0.517. The molecule has 2 atom stereocenters. The van der Waals surface area contributed by atoms with Crippen LogP contribution in [0.1, 0.15) is 45.1 Å². The summed E-state index contributed by atoms with van der Waals surface area (Å²) in [4.78, 5) is 14.5. The van der Waals surface area contributed by atoms with Gasteiger partial charge in [-0.05, 0) is 23.3 Å². The van der Waals surface area contributed by atoms with Crippen LogP contribution < -0.4 is 5.73 Å². The van der Waals surface area contributed by atoms with Crippen molar-refractivity contribution in [2.24, 2.45) is 11.1 Å². The Morgan fingerprint density at radius 3 is 2.65 bits per heavy atom. The van der Waals surface area contributed by atoms with Crippen molar-refractivity contribution in [2.75, 3.05) is 13.1 Å². The first-order chi connectivity index (χ1) is 9.40. The van der Waals surface area contributed by atoms with E-state index in [-0.39, 0.29) is 23.3 Å². The number of hydrogen-bond acceptors (Lipinski definition) is 2. The first-order valence-electron chi connectivity index (χ1n) is 7.48. The molecule has 2 rings (SSSR count). The van der Waals surface area contributed by atoms with Gasteiger partial charge in [0.25, 0.3) is 0 Å². The average molecular weight is 274 g/mol. The number of amides is 1. The molecule has 1 aromatic rings. The first kappa shape index (κ1) is 15.0. The van der Waals surface area contributed by atoms with Crippen molar-refractivity contribution in [3.8, 4) is 0 Å². The molecule has 3 heteroatoms. The summed E-state index contributed by atoms with van der Waals surface area (Å²) in [6.07, 6.45) is 1.48. The zero-order chi connectivity index (χ0) is 14.8. The van der Waals surface area contributed by atoms with Gasteiger partial charge in [-0.3, -0.25) is 4.79 Å². The van der Waals surface area contributed by atoms with Gasteiger partial charge >= 0.3 is 0 Å². The molecule has 0 saturated carbocycles. The third-order valence-corrected chi connectivity index (χ3v) is 4.51. The number of piperidine rings is 1. The molecule has 0 aliphatic carbocycles. The molecule has 0 aromatic heterocycles. The van der Waals surface area contributed by atoms with Gasteiger partial charge in [0.2, 0.25) is 5.91 Å². The van der Waals surface area contributed by atoms with Crippen LogP contribution in [0.15, 0.2) is 30.3 Å². The summed E-state index contributed by atoms with van der Waals surface area (Å²) in [6, 6.07) is 10.4. The van der Waals surface area contributed by atoms with Gasteiger partial charge in [0.05, 0.1) is 0 Å². The van der Waals surface area contributed by atoms with E-state index in [1.54, 1.807) is 0 Å². The predicted octanol–water partition coefficient (Wildman–Crippen LogP) is 2.77. The minimum Gasteiger partial charge on any atom is -0.342 e. The van der Waals surface area contributed by atoms with Crippen LogP contribution in [0.5, 0.6) is 0 Å². The quantitative estimate of drug-likeness (QED) is 0.921. The lowest BCUT2D eigenvalue weighted by Gasteiger charge is -2.42. The third kappa shape index (κ3) is 3.40. The highest BCUT2D eigenvalue weighted by Crippen LogP contribution is 2.29. The molecule has 20 heavy (non-hydrogen) atoms. The van der Waals surface area contributed by atoms with Crippen LogP contribution in [0.3, 0.4) is 0 Å². The summed E-state index contributed by atoms with van der Waals surface area (Å²) in [6.45, 7) is 7.99. The van der Waals surface area contributed by atoms with Crippen LogP contribution in [-0.2, 0) is 4.79 Å². The molecule has 1 aromatic carbocycles. The fourth-order valence-corrected chi connectivity index (χ4v) is 2.88. The Morgan fingerprint density at radius 2 is 2.05 bits per heavy atom. The molecule has 0 radical (unpaired) electrons. The molecule has 0 spiro atoms. The molecule has 110 valence electrons. The molecule has 0 bridgehead atoms. The third-order valence-electron chi connectivity index (χ3n) is 4.51. The fourth-order valence-electron chi connectivity index (χ4n) is 2.88. The number of rotatable bonds is 3. The standard InChI is InChI=1S/C17H26N2O/c1-13(14-7-5-4-6-8-14)11-16(20)19-10-9-15(18)17(2,3)12-19/h4-8,13,15H,9-12,18H2,1-3H3. The fraction of sp³-hybridized carbons (Fsp3) is 0.588. The highest BCUT2D eigenvalue weighted by Gasteiger charge is 2.35. The van der Waals surface area contributed by atoms with Crippen LogP contribution in [-0.4, -0.2) is 29.9 Å². The number of hydrogen-bond donors (Lipinski definition) is 1. The first-order valence-corrected chi connectivity index (χ1v) is 7.48. The van der Waals surface area contributed by atoms with Crippen LogP contribution in [0.25, 0.3) is 0 Å². The van der Waals surface area contributed by atoms with E-state index in [0.717, 1.165) is 19.5 Å². The zero-order valence-electron chi connectivity index (χ0n) is 12.8. The smallest absolute Gasteiger partial charge is 0.223 e. The average Bonchev–Trinajstić information content (AvgIpc) is 2.42. The molecule has 3 nitrogen and oxygen atoms in total. The second-order valence-electron chi connectivity index (χ2n) is 6.71. The molecule has 1 saturated heterocycles. The molecule has 1 aliphatic rings. The number of benzene rings is 1. The largest absolute Gasteiger partial charge is 0.342 e. The van der Waals surface area contributed by atoms with Gasteiger partial charge in [-0.15, -0.1) is 0 Å². The second kappa shape index (κ2) is 5.96. The summed E-state index contributed by atoms with van der Waals surface area (Å²) in [5.41, 5.74) is 7.38. The monoisotopic (exact) mass is 274 g/mol. The Bertz CT molecular complexity index is 455. The van der Waals surface area contributed by atoms with Crippen molar-refractivity contribution in [2.45, 2.75) is 45.6 Å². The van der Waals surface area contributed by atoms with Crippen molar-refractivity contribution >= 4 is 5.91 Å². The number of carbonyl (C=O) groups is 1. The van der Waals surface area contributed by atoms with Crippen molar-refractivity contribution in [1.82, 2.24) is 4.90 Å². The maximum absolute atomic E-state index is 12.5. The van der Waals surface area contributed by atoms with Gasteiger partial charge in [0.15, 0.2) is 0 Å². The molecular formula is C17H26N2O. The van der Waals surface area contributed by atoms with E-state index in [0.29, 0.717) is 6.42 Å². The van der Waals surface area contributed by atoms with Gasteiger partial charge in [0, 0.05) is 25.6 Å². The Kier molecular flexibility index (Phi) is 4.48. The minimum absolute atomic E-state index is 0.0178. The van der Waals surface area contributed by atoms with Crippen LogP contribution >= 0.6 is 0 Å². The lowest BCUT2D eigenvalue weighted by Crippen LogP contribution is -2.54. The molecule has 1 aliphatic heterocycles. The Morgan fingerprint density at radius 1 is 1.40 bits per heavy atom. The van der Waals surface area contributed by atoms with E-state index >= 15 is 0 Å². The molecule has 1 heterocycles. The minimum atomic E-state index is 0.0178. The zero-order valence-corrected chi connectivity index (χ0v) is 12.8. The Hall–Kier alpha value is -1.35. The van der Waals surface area contributed by atoms with E-state index in [4.69, 9.17) is 5.73 Å². The summed E-state index contributed by atoms with van der Waals surface area (Å²) in [5, 5.41) is 0. The molecular weight excluding hydrogens is 248 g/mol.